The molecule has 1 aromatic heterocycles. The van der Waals surface area contributed by atoms with Crippen LogP contribution in [0, 0.1) is 0 Å². The first kappa shape index (κ1) is 13.8. The third kappa shape index (κ3) is 2.77. The highest BCUT2D eigenvalue weighted by Gasteiger charge is 2.12. The number of hydrogen-bond acceptors (Lipinski definition) is 5. The fourth-order valence-electron chi connectivity index (χ4n) is 2.87. The molecular weight excluding hydrogens is 290 g/mol. The fourth-order valence-corrected chi connectivity index (χ4v) is 2.87. The summed E-state index contributed by atoms with van der Waals surface area (Å²) in [5.74, 6) is 2.21. The van der Waals surface area contributed by atoms with Gasteiger partial charge in [0.25, 0.3) is 0 Å². The minimum atomic E-state index is 0.319. The van der Waals surface area contributed by atoms with E-state index >= 15 is 0 Å². The van der Waals surface area contributed by atoms with E-state index in [1.54, 1.807) is 0 Å². The van der Waals surface area contributed by atoms with Crippen LogP contribution in [-0.2, 0) is 12.8 Å². The quantitative estimate of drug-likeness (QED) is 0.802. The van der Waals surface area contributed by atoms with Gasteiger partial charge in [-0.1, -0.05) is 12.1 Å². The molecule has 0 radical (unpaired) electrons. The van der Waals surface area contributed by atoms with Crippen molar-refractivity contribution in [1.82, 2.24) is 9.97 Å². The van der Waals surface area contributed by atoms with Gasteiger partial charge < -0.3 is 15.2 Å². The monoisotopic (exact) mass is 307 g/mol. The zero-order valence-electron chi connectivity index (χ0n) is 12.7. The summed E-state index contributed by atoms with van der Waals surface area (Å²) in [6.45, 7) is 0.319. The van der Waals surface area contributed by atoms with Crippen molar-refractivity contribution in [2.24, 2.45) is 0 Å². The number of benzene rings is 2. The van der Waals surface area contributed by atoms with Gasteiger partial charge in [0.15, 0.2) is 11.5 Å². The molecule has 116 valence electrons. The Labute approximate surface area is 134 Å². The molecule has 0 fully saturated rings. The molecule has 0 spiro atoms. The summed E-state index contributed by atoms with van der Waals surface area (Å²) in [6.07, 6.45) is 4.53. The van der Waals surface area contributed by atoms with Crippen molar-refractivity contribution < 1.29 is 9.47 Å². The summed E-state index contributed by atoms with van der Waals surface area (Å²) in [4.78, 5) is 8.28. The molecule has 0 saturated heterocycles. The van der Waals surface area contributed by atoms with E-state index in [2.05, 4.69) is 34.2 Å². The van der Waals surface area contributed by atoms with Crippen LogP contribution in [0.25, 0.3) is 10.9 Å². The molecule has 0 amide bonds. The van der Waals surface area contributed by atoms with Gasteiger partial charge in [0.2, 0.25) is 6.79 Å². The predicted octanol–water partition coefficient (Wildman–Crippen LogP) is 3.12. The average molecular weight is 307 g/mol. The number of nitrogens with two attached hydrogens (primary N) is 1. The smallest absolute Gasteiger partial charge is 0.231 e. The molecule has 5 nitrogen and oxygen atoms in total. The lowest BCUT2D eigenvalue weighted by atomic mass is 10.0. The third-order valence-electron chi connectivity index (χ3n) is 4.10. The lowest BCUT2D eigenvalue weighted by Crippen LogP contribution is -1.95. The van der Waals surface area contributed by atoms with Crippen LogP contribution < -0.4 is 15.2 Å². The third-order valence-corrected chi connectivity index (χ3v) is 4.10. The van der Waals surface area contributed by atoms with Crippen LogP contribution in [0.4, 0.5) is 5.82 Å². The molecule has 0 atom stereocenters. The molecule has 0 bridgehead atoms. The first-order valence-electron chi connectivity index (χ1n) is 7.67. The Morgan fingerprint density at radius 3 is 2.61 bits per heavy atom. The Morgan fingerprint density at radius 2 is 1.70 bits per heavy atom. The number of aromatic nitrogens is 2. The Bertz CT molecular complexity index is 864. The van der Waals surface area contributed by atoms with Crippen LogP contribution in [0.3, 0.4) is 0 Å². The number of rotatable bonds is 4. The van der Waals surface area contributed by atoms with E-state index in [-0.39, 0.29) is 0 Å². The SMILES string of the molecule is Nc1ncnc2ccc(CCCc3ccc4c(c3)OCO4)cc12. The number of fused-ring (bicyclic) bond motifs is 2. The summed E-state index contributed by atoms with van der Waals surface area (Å²) in [6, 6.07) is 12.3. The molecule has 2 N–H and O–H groups in total. The molecule has 0 aliphatic carbocycles. The van der Waals surface area contributed by atoms with Gasteiger partial charge in [-0.3, -0.25) is 0 Å². The van der Waals surface area contributed by atoms with E-state index in [9.17, 15) is 0 Å². The van der Waals surface area contributed by atoms with Crippen molar-refractivity contribution in [1.29, 1.82) is 0 Å². The molecule has 23 heavy (non-hydrogen) atoms. The first-order chi connectivity index (χ1) is 11.3. The largest absolute Gasteiger partial charge is 0.454 e. The molecule has 0 unspecified atom stereocenters. The number of hydrogen-bond donors (Lipinski definition) is 1. The first-order valence-corrected chi connectivity index (χ1v) is 7.67. The Morgan fingerprint density at radius 1 is 0.913 bits per heavy atom. The number of aryl methyl sites for hydroxylation is 2. The van der Waals surface area contributed by atoms with Gasteiger partial charge in [0.1, 0.15) is 12.1 Å². The average Bonchev–Trinajstić information content (AvgIpc) is 3.03. The second-order valence-corrected chi connectivity index (χ2v) is 5.65. The van der Waals surface area contributed by atoms with E-state index < -0.39 is 0 Å². The summed E-state index contributed by atoms with van der Waals surface area (Å²) in [5, 5.41) is 0.924. The number of ether oxygens (including phenoxy) is 2. The van der Waals surface area contributed by atoms with Crippen LogP contribution >= 0.6 is 0 Å². The van der Waals surface area contributed by atoms with Gasteiger partial charge in [-0.15, -0.1) is 0 Å². The van der Waals surface area contributed by atoms with Gasteiger partial charge in [0, 0.05) is 5.39 Å². The zero-order chi connectivity index (χ0) is 15.6. The van der Waals surface area contributed by atoms with E-state index in [1.165, 1.54) is 17.5 Å². The number of nitrogen functional groups attached to an aromatic ring is 1. The van der Waals surface area contributed by atoms with E-state index in [1.807, 2.05) is 12.1 Å². The maximum atomic E-state index is 5.92. The highest BCUT2D eigenvalue weighted by Crippen LogP contribution is 2.32. The zero-order valence-corrected chi connectivity index (χ0v) is 12.7. The van der Waals surface area contributed by atoms with Crippen molar-refractivity contribution in [3.63, 3.8) is 0 Å². The van der Waals surface area contributed by atoms with Crippen molar-refractivity contribution in [3.05, 3.63) is 53.9 Å². The van der Waals surface area contributed by atoms with E-state index in [0.717, 1.165) is 41.7 Å². The molecule has 1 aliphatic rings. The lowest BCUT2D eigenvalue weighted by molar-refractivity contribution is 0.174. The second kappa shape index (κ2) is 5.76. The minimum absolute atomic E-state index is 0.319. The topological polar surface area (TPSA) is 70.3 Å². The number of nitrogens with zero attached hydrogens (tertiary/aromatic N) is 2. The summed E-state index contributed by atoms with van der Waals surface area (Å²) in [7, 11) is 0. The summed E-state index contributed by atoms with van der Waals surface area (Å²) >= 11 is 0. The van der Waals surface area contributed by atoms with Crippen LogP contribution in [0.1, 0.15) is 17.5 Å². The lowest BCUT2D eigenvalue weighted by Gasteiger charge is -2.06. The normalized spacial score (nSPS) is 12.7. The van der Waals surface area contributed by atoms with E-state index in [4.69, 9.17) is 15.2 Å². The highest BCUT2D eigenvalue weighted by molar-refractivity contribution is 5.88. The van der Waals surface area contributed by atoms with Gasteiger partial charge in [-0.2, -0.15) is 0 Å². The second-order valence-electron chi connectivity index (χ2n) is 5.65. The number of anilines is 1. The van der Waals surface area contributed by atoms with Crippen molar-refractivity contribution >= 4 is 16.7 Å². The molecular formula is C18H17N3O2. The maximum Gasteiger partial charge on any atom is 0.231 e. The van der Waals surface area contributed by atoms with Gasteiger partial charge in [-0.05, 0) is 54.7 Å². The predicted molar refractivity (Wildman–Crippen MR) is 88.5 cm³/mol. The van der Waals surface area contributed by atoms with Crippen molar-refractivity contribution in [2.75, 3.05) is 12.5 Å². The van der Waals surface area contributed by atoms with Gasteiger partial charge >= 0.3 is 0 Å². The molecule has 5 heteroatoms. The van der Waals surface area contributed by atoms with Crippen molar-refractivity contribution in [2.45, 2.75) is 19.3 Å². The minimum Gasteiger partial charge on any atom is -0.454 e. The fraction of sp³-hybridized carbons (Fsp3) is 0.222. The standard InChI is InChI=1S/C18H17N3O2/c19-18-14-8-12(4-6-15(14)20-10-21-18)2-1-3-13-5-7-16-17(9-13)23-11-22-16/h4-10H,1-3,11H2,(H2,19,20,21). The molecule has 1 aliphatic heterocycles. The van der Waals surface area contributed by atoms with Crippen LogP contribution in [-0.4, -0.2) is 16.8 Å². The summed E-state index contributed by atoms with van der Waals surface area (Å²) < 4.78 is 10.7. The Balaban J connectivity index is 1.44. The highest BCUT2D eigenvalue weighted by atomic mass is 16.7. The van der Waals surface area contributed by atoms with Gasteiger partial charge in [0.05, 0.1) is 5.52 Å². The maximum absolute atomic E-state index is 5.92. The molecule has 0 saturated carbocycles. The summed E-state index contributed by atoms with van der Waals surface area (Å²) in [5.41, 5.74) is 9.32. The van der Waals surface area contributed by atoms with E-state index in [0.29, 0.717) is 12.6 Å². The molecule has 2 aromatic carbocycles. The molecule has 4 rings (SSSR count). The van der Waals surface area contributed by atoms with Crippen LogP contribution in [0.2, 0.25) is 0 Å². The Hall–Kier alpha value is -2.82. The van der Waals surface area contributed by atoms with Crippen molar-refractivity contribution in [3.8, 4) is 11.5 Å². The Kier molecular flexibility index (Phi) is 3.46. The molecule has 2 heterocycles. The van der Waals surface area contributed by atoms with Crippen LogP contribution in [0.15, 0.2) is 42.7 Å². The van der Waals surface area contributed by atoms with Crippen LogP contribution in [0.5, 0.6) is 11.5 Å². The molecule has 3 aromatic rings. The van der Waals surface area contributed by atoms with Gasteiger partial charge in [-0.25, -0.2) is 9.97 Å².